The van der Waals surface area contributed by atoms with Crippen molar-refractivity contribution in [1.29, 1.82) is 0 Å². The Morgan fingerprint density at radius 2 is 1.43 bits per heavy atom. The number of benzene rings is 4. The molecule has 4 aromatic carbocycles. The number of anilines is 2. The molecule has 0 spiro atoms. The average Bonchev–Trinajstić information content (AvgIpc) is 2.93. The third-order valence-corrected chi connectivity index (χ3v) is 7.23. The highest BCUT2D eigenvalue weighted by Gasteiger charge is 2.46. The molecule has 0 aliphatic heterocycles. The van der Waals surface area contributed by atoms with Gasteiger partial charge in [-0.15, -0.1) is 0 Å². The maximum absolute atomic E-state index is 14.8. The predicted molar refractivity (Wildman–Crippen MR) is 140 cm³/mol. The van der Waals surface area contributed by atoms with Gasteiger partial charge in [0.25, 0.3) is 21.7 Å². The lowest BCUT2D eigenvalue weighted by atomic mass is 10.0. The zero-order valence-electron chi connectivity index (χ0n) is 20.6. The fraction of sp³-hybridized carbons (Fsp3) is 0.0714. The summed E-state index contributed by atoms with van der Waals surface area (Å²) in [6, 6.07) is 20.4. The van der Waals surface area contributed by atoms with Crippen molar-refractivity contribution >= 4 is 33.0 Å². The maximum Gasteiger partial charge on any atom is 0.501 e. The molecular weight excluding hydrogens is 552 g/mol. The standard InChI is InChI=1S/C28H20F4N2O5S/c1-39-25-16-23(29)21(17-8-3-2-4-9-17)15-22(25)27(36)34-24-13-6-5-12-20(24)26(35)33-18-10-7-11-19(14-18)40(37,38)28(30,31)32/h2-16H,1H3,(H,33,35)(H,34,36). The first-order chi connectivity index (χ1) is 18.9. The SMILES string of the molecule is COc1cc(F)c(-c2ccccc2)cc1C(=O)Nc1ccccc1C(=O)Nc1cccc(S(=O)(=O)C(F)(F)F)c1. The molecular formula is C28H20F4N2O5S. The first-order valence-electron chi connectivity index (χ1n) is 11.5. The Balaban J connectivity index is 1.62. The molecule has 0 radical (unpaired) electrons. The molecule has 0 unspecified atom stereocenters. The van der Waals surface area contributed by atoms with Gasteiger partial charge in [0.2, 0.25) is 0 Å². The van der Waals surface area contributed by atoms with Gasteiger partial charge >= 0.3 is 5.51 Å². The molecule has 0 saturated heterocycles. The highest BCUT2D eigenvalue weighted by Crippen LogP contribution is 2.32. The van der Waals surface area contributed by atoms with E-state index in [0.717, 1.165) is 18.2 Å². The zero-order chi connectivity index (χ0) is 29.1. The molecule has 2 amide bonds. The molecule has 206 valence electrons. The van der Waals surface area contributed by atoms with E-state index in [9.17, 15) is 35.6 Å². The molecule has 0 aliphatic rings. The van der Waals surface area contributed by atoms with Crippen molar-refractivity contribution in [3.63, 3.8) is 0 Å². The Kier molecular flexibility index (Phi) is 7.91. The van der Waals surface area contributed by atoms with Crippen molar-refractivity contribution in [1.82, 2.24) is 0 Å². The normalized spacial score (nSPS) is 11.5. The minimum Gasteiger partial charge on any atom is -0.496 e. The molecule has 0 aromatic heterocycles. The van der Waals surface area contributed by atoms with Crippen molar-refractivity contribution in [3.8, 4) is 16.9 Å². The summed E-state index contributed by atoms with van der Waals surface area (Å²) in [6.45, 7) is 0. The van der Waals surface area contributed by atoms with Gasteiger partial charge in [-0.05, 0) is 42.0 Å². The molecule has 2 N–H and O–H groups in total. The number of halogens is 4. The summed E-state index contributed by atoms with van der Waals surface area (Å²) >= 11 is 0. The summed E-state index contributed by atoms with van der Waals surface area (Å²) < 4.78 is 82.3. The summed E-state index contributed by atoms with van der Waals surface area (Å²) in [5.74, 6) is -2.24. The van der Waals surface area contributed by atoms with Crippen molar-refractivity contribution in [3.05, 3.63) is 108 Å². The first kappa shape index (κ1) is 28.3. The van der Waals surface area contributed by atoms with Crippen LogP contribution in [-0.2, 0) is 9.84 Å². The second-order valence-corrected chi connectivity index (χ2v) is 10.3. The smallest absolute Gasteiger partial charge is 0.496 e. The van der Waals surface area contributed by atoms with E-state index >= 15 is 0 Å². The van der Waals surface area contributed by atoms with Gasteiger partial charge in [0.15, 0.2) is 0 Å². The number of para-hydroxylation sites is 1. The van der Waals surface area contributed by atoms with Crippen LogP contribution in [0.5, 0.6) is 5.75 Å². The van der Waals surface area contributed by atoms with E-state index in [2.05, 4.69) is 10.6 Å². The summed E-state index contributed by atoms with van der Waals surface area (Å²) in [4.78, 5) is 25.2. The molecule has 4 aromatic rings. The highest BCUT2D eigenvalue weighted by atomic mass is 32.2. The van der Waals surface area contributed by atoms with Crippen LogP contribution < -0.4 is 15.4 Å². The van der Waals surface area contributed by atoms with E-state index < -0.39 is 37.9 Å². The van der Waals surface area contributed by atoms with Crippen LogP contribution in [0, 0.1) is 5.82 Å². The van der Waals surface area contributed by atoms with Gasteiger partial charge in [0.1, 0.15) is 11.6 Å². The second kappa shape index (κ2) is 11.2. The molecule has 0 heterocycles. The quantitative estimate of drug-likeness (QED) is 0.253. The summed E-state index contributed by atoms with van der Waals surface area (Å²) in [6.07, 6.45) is 0. The van der Waals surface area contributed by atoms with Crippen LogP contribution in [0.25, 0.3) is 11.1 Å². The van der Waals surface area contributed by atoms with Crippen molar-refractivity contribution < 1.29 is 40.3 Å². The number of carbonyl (C=O) groups is 2. The summed E-state index contributed by atoms with van der Waals surface area (Å²) in [7, 11) is -4.37. The number of rotatable bonds is 7. The van der Waals surface area contributed by atoms with Crippen LogP contribution in [0.15, 0.2) is 95.9 Å². The maximum atomic E-state index is 14.8. The number of sulfone groups is 1. The zero-order valence-corrected chi connectivity index (χ0v) is 21.4. The molecule has 40 heavy (non-hydrogen) atoms. The molecule has 12 heteroatoms. The van der Waals surface area contributed by atoms with Crippen LogP contribution in [0.2, 0.25) is 0 Å². The topological polar surface area (TPSA) is 102 Å². The number of alkyl halides is 3. The number of amides is 2. The third-order valence-electron chi connectivity index (χ3n) is 5.75. The average molecular weight is 573 g/mol. The first-order valence-corrected chi connectivity index (χ1v) is 13.0. The van der Waals surface area contributed by atoms with E-state index in [0.29, 0.717) is 11.6 Å². The molecule has 0 aliphatic carbocycles. The molecule has 0 fully saturated rings. The highest BCUT2D eigenvalue weighted by molar-refractivity contribution is 7.92. The van der Waals surface area contributed by atoms with E-state index in [1.165, 1.54) is 43.5 Å². The lowest BCUT2D eigenvalue weighted by Crippen LogP contribution is -2.23. The van der Waals surface area contributed by atoms with Crippen LogP contribution in [0.3, 0.4) is 0 Å². The van der Waals surface area contributed by atoms with Gasteiger partial charge in [-0.25, -0.2) is 12.8 Å². The largest absolute Gasteiger partial charge is 0.501 e. The van der Waals surface area contributed by atoms with Crippen molar-refractivity contribution in [2.45, 2.75) is 10.4 Å². The summed E-state index contributed by atoms with van der Waals surface area (Å²) in [5, 5.41) is 4.91. The van der Waals surface area contributed by atoms with Crippen LogP contribution in [0.1, 0.15) is 20.7 Å². The Morgan fingerprint density at radius 3 is 2.10 bits per heavy atom. The third kappa shape index (κ3) is 5.81. The number of hydrogen-bond acceptors (Lipinski definition) is 5. The molecule has 0 atom stereocenters. The minimum atomic E-state index is -5.63. The van der Waals surface area contributed by atoms with Crippen LogP contribution >= 0.6 is 0 Å². The van der Waals surface area contributed by atoms with Crippen LogP contribution in [0.4, 0.5) is 28.9 Å². The van der Waals surface area contributed by atoms with Crippen molar-refractivity contribution in [2.24, 2.45) is 0 Å². The fourth-order valence-electron chi connectivity index (χ4n) is 3.79. The Labute approximate surface area is 226 Å². The fourth-order valence-corrected chi connectivity index (χ4v) is 4.60. The predicted octanol–water partition coefficient (Wildman–Crippen LogP) is 6.30. The van der Waals surface area contributed by atoms with E-state index in [4.69, 9.17) is 4.74 Å². The molecule has 0 saturated carbocycles. The second-order valence-electron chi connectivity index (χ2n) is 8.33. The number of carbonyl (C=O) groups excluding carboxylic acids is 2. The van der Waals surface area contributed by atoms with Gasteiger partial charge in [-0.3, -0.25) is 9.59 Å². The van der Waals surface area contributed by atoms with Gasteiger partial charge in [0.05, 0.1) is 28.8 Å². The lowest BCUT2D eigenvalue weighted by molar-refractivity contribution is -0.0436. The Hall–Kier alpha value is -4.71. The molecule has 4 rings (SSSR count). The van der Waals surface area contributed by atoms with Crippen LogP contribution in [-0.4, -0.2) is 32.9 Å². The van der Waals surface area contributed by atoms with E-state index in [1.54, 1.807) is 30.3 Å². The number of hydrogen-bond donors (Lipinski definition) is 2. The summed E-state index contributed by atoms with van der Waals surface area (Å²) in [5.41, 5.74) is -5.15. The number of methoxy groups -OCH3 is 1. The van der Waals surface area contributed by atoms with Gasteiger partial charge in [-0.1, -0.05) is 48.5 Å². The minimum absolute atomic E-state index is 0.0247. The van der Waals surface area contributed by atoms with Gasteiger partial charge < -0.3 is 15.4 Å². The molecule has 0 bridgehead atoms. The van der Waals surface area contributed by atoms with E-state index in [1.807, 2.05) is 0 Å². The van der Waals surface area contributed by atoms with Gasteiger partial charge in [0, 0.05) is 17.3 Å². The lowest BCUT2D eigenvalue weighted by Gasteiger charge is -2.15. The van der Waals surface area contributed by atoms with E-state index in [-0.39, 0.29) is 33.8 Å². The number of ether oxygens (including phenoxy) is 1. The van der Waals surface area contributed by atoms with Crippen molar-refractivity contribution in [2.75, 3.05) is 17.7 Å². The molecule has 7 nitrogen and oxygen atoms in total. The monoisotopic (exact) mass is 572 g/mol. The van der Waals surface area contributed by atoms with Gasteiger partial charge in [-0.2, -0.15) is 13.2 Å². The number of nitrogens with one attached hydrogen (secondary N) is 2. The Bertz CT molecular complexity index is 1690. The Morgan fingerprint density at radius 1 is 0.775 bits per heavy atom.